The number of hydrogen-bond donors (Lipinski definition) is 2. The highest BCUT2D eigenvalue weighted by Crippen LogP contribution is 2.39. The van der Waals surface area contributed by atoms with Crippen LogP contribution in [0.3, 0.4) is 0 Å². The van der Waals surface area contributed by atoms with Crippen molar-refractivity contribution >= 4 is 29.3 Å². The summed E-state index contributed by atoms with van der Waals surface area (Å²) in [4.78, 5) is 27.8. The number of nitrogens with zero attached hydrogens (tertiary/aromatic N) is 1. The van der Waals surface area contributed by atoms with Crippen LogP contribution >= 0.6 is 11.8 Å². The van der Waals surface area contributed by atoms with E-state index in [1.807, 2.05) is 11.2 Å². The van der Waals surface area contributed by atoms with Gasteiger partial charge in [0.05, 0.1) is 18.1 Å². The quantitative estimate of drug-likeness (QED) is 0.451. The van der Waals surface area contributed by atoms with Crippen LogP contribution in [0, 0.1) is 5.92 Å². The van der Waals surface area contributed by atoms with Crippen LogP contribution in [-0.2, 0) is 9.53 Å². The zero-order valence-corrected chi connectivity index (χ0v) is 16.0. The highest BCUT2D eigenvalue weighted by molar-refractivity contribution is 7.98. The maximum Gasteiger partial charge on any atom is 0.251 e. The van der Waals surface area contributed by atoms with Gasteiger partial charge in [-0.25, -0.2) is 0 Å². The summed E-state index contributed by atoms with van der Waals surface area (Å²) in [6.45, 7) is 4.85. The third kappa shape index (κ3) is 3.88. The van der Waals surface area contributed by atoms with Crippen molar-refractivity contribution in [2.45, 2.75) is 29.9 Å². The molecule has 26 heavy (non-hydrogen) atoms. The predicted molar refractivity (Wildman–Crippen MR) is 103 cm³/mol. The van der Waals surface area contributed by atoms with Crippen molar-refractivity contribution in [3.05, 3.63) is 35.9 Å². The van der Waals surface area contributed by atoms with Gasteiger partial charge in [0.15, 0.2) is 0 Å². The van der Waals surface area contributed by atoms with E-state index in [2.05, 4.69) is 11.9 Å². The molecule has 3 N–H and O–H groups in total. The Hall–Kier alpha value is -1.99. The van der Waals surface area contributed by atoms with Crippen LogP contribution in [0.4, 0.5) is 5.69 Å². The number of nitrogen functional groups attached to an aromatic ring is 1. The number of benzene rings is 1. The molecule has 1 aromatic rings. The van der Waals surface area contributed by atoms with Crippen molar-refractivity contribution < 1.29 is 14.3 Å². The van der Waals surface area contributed by atoms with Gasteiger partial charge in [-0.2, -0.15) is 0 Å². The Balaban J connectivity index is 1.64. The van der Waals surface area contributed by atoms with Gasteiger partial charge in [0, 0.05) is 36.3 Å². The molecule has 3 atom stereocenters. The van der Waals surface area contributed by atoms with Crippen molar-refractivity contribution in [1.82, 2.24) is 10.2 Å². The van der Waals surface area contributed by atoms with E-state index >= 15 is 0 Å². The molecular formula is C19H25N3O3S. The highest BCUT2D eigenvalue weighted by Gasteiger charge is 2.43. The molecule has 1 aromatic carbocycles. The number of carbonyl (C=O) groups is 2. The monoisotopic (exact) mass is 375 g/mol. The van der Waals surface area contributed by atoms with Gasteiger partial charge >= 0.3 is 0 Å². The number of anilines is 1. The normalized spacial score (nSPS) is 24.6. The Bertz CT molecular complexity index is 737. The molecule has 0 aromatic heterocycles. The maximum atomic E-state index is 12.6. The Labute approximate surface area is 158 Å². The number of rotatable bonds is 6. The molecule has 2 aliphatic rings. The first-order valence-corrected chi connectivity index (χ1v) is 9.89. The summed E-state index contributed by atoms with van der Waals surface area (Å²) < 4.78 is 5.44. The molecule has 1 heterocycles. The van der Waals surface area contributed by atoms with Crippen LogP contribution in [0.5, 0.6) is 0 Å². The lowest BCUT2D eigenvalue weighted by atomic mass is 10.1. The van der Waals surface area contributed by atoms with Gasteiger partial charge in [-0.15, -0.1) is 11.8 Å². The number of likely N-dealkylation sites (tertiary alicyclic amines) is 1. The van der Waals surface area contributed by atoms with E-state index in [9.17, 15) is 9.59 Å². The molecule has 3 rings (SSSR count). The van der Waals surface area contributed by atoms with E-state index in [-0.39, 0.29) is 29.9 Å². The summed E-state index contributed by atoms with van der Waals surface area (Å²) in [5.74, 6) is -0.111. The number of methoxy groups -OCH3 is 1. The van der Waals surface area contributed by atoms with Gasteiger partial charge in [-0.05, 0) is 37.3 Å². The topological polar surface area (TPSA) is 84.7 Å². The minimum atomic E-state index is -0.163. The molecule has 0 bridgehead atoms. The Morgan fingerprint density at radius 3 is 2.81 bits per heavy atom. The lowest BCUT2D eigenvalue weighted by Crippen LogP contribution is -2.43. The number of carbonyl (C=O) groups excluding carboxylic acids is 2. The first-order valence-electron chi connectivity index (χ1n) is 8.67. The zero-order valence-electron chi connectivity index (χ0n) is 15.2. The SMILES string of the molecule is C=C1CC1C(=O)N1C[C@H](OC)C[C@H]1CNC(=O)c1ccc(N)c(SC)c1. The summed E-state index contributed by atoms with van der Waals surface area (Å²) in [6, 6.07) is 5.19. The maximum absolute atomic E-state index is 12.6. The number of ether oxygens (including phenoxy) is 1. The number of amides is 2. The van der Waals surface area contributed by atoms with Crippen LogP contribution < -0.4 is 11.1 Å². The number of thioether (sulfide) groups is 1. The van der Waals surface area contributed by atoms with Crippen LogP contribution in [0.2, 0.25) is 0 Å². The average Bonchev–Trinajstić information content (AvgIpc) is 3.23. The molecule has 2 fully saturated rings. The van der Waals surface area contributed by atoms with Gasteiger partial charge in [-0.1, -0.05) is 12.2 Å². The first-order chi connectivity index (χ1) is 12.4. The van der Waals surface area contributed by atoms with E-state index in [0.717, 1.165) is 23.3 Å². The lowest BCUT2D eigenvalue weighted by molar-refractivity contribution is -0.133. The Morgan fingerprint density at radius 2 is 2.19 bits per heavy atom. The van der Waals surface area contributed by atoms with Crippen molar-refractivity contribution in [3.8, 4) is 0 Å². The van der Waals surface area contributed by atoms with Crippen molar-refractivity contribution in [2.24, 2.45) is 5.92 Å². The molecule has 6 nitrogen and oxygen atoms in total. The summed E-state index contributed by atoms with van der Waals surface area (Å²) in [6.07, 6.45) is 3.42. The molecule has 1 saturated heterocycles. The Morgan fingerprint density at radius 1 is 1.46 bits per heavy atom. The van der Waals surface area contributed by atoms with Gasteiger partial charge in [0.2, 0.25) is 5.91 Å². The molecule has 0 spiro atoms. The molecule has 0 radical (unpaired) electrons. The second kappa shape index (κ2) is 7.72. The fraction of sp³-hybridized carbons (Fsp3) is 0.474. The van der Waals surface area contributed by atoms with Gasteiger partial charge in [0.25, 0.3) is 5.91 Å². The third-order valence-corrected chi connectivity index (χ3v) is 5.88. The minimum absolute atomic E-state index is 0.00693. The van der Waals surface area contributed by atoms with Gasteiger partial charge in [0.1, 0.15) is 0 Å². The lowest BCUT2D eigenvalue weighted by Gasteiger charge is -2.24. The van der Waals surface area contributed by atoms with Crippen LogP contribution in [-0.4, -0.2) is 55.3 Å². The molecule has 7 heteroatoms. The molecular weight excluding hydrogens is 350 g/mol. The Kier molecular flexibility index (Phi) is 5.58. The fourth-order valence-corrected chi connectivity index (χ4v) is 3.89. The minimum Gasteiger partial charge on any atom is -0.398 e. The molecule has 1 saturated carbocycles. The summed E-state index contributed by atoms with van der Waals surface area (Å²) in [5.41, 5.74) is 8.10. The van der Waals surface area contributed by atoms with E-state index < -0.39 is 0 Å². The third-order valence-electron chi connectivity index (χ3n) is 5.08. The smallest absolute Gasteiger partial charge is 0.251 e. The molecule has 2 amide bonds. The van der Waals surface area contributed by atoms with Gasteiger partial charge in [-0.3, -0.25) is 9.59 Å². The fourth-order valence-electron chi connectivity index (χ4n) is 3.34. The molecule has 140 valence electrons. The number of hydrogen-bond acceptors (Lipinski definition) is 5. The molecule has 1 aliphatic heterocycles. The molecule has 1 aliphatic carbocycles. The summed E-state index contributed by atoms with van der Waals surface area (Å²) in [5, 5.41) is 2.95. The summed E-state index contributed by atoms with van der Waals surface area (Å²) >= 11 is 1.51. The number of nitrogens with two attached hydrogens (primary N) is 1. The van der Waals surface area contributed by atoms with Crippen molar-refractivity contribution in [3.63, 3.8) is 0 Å². The van der Waals surface area contributed by atoms with E-state index in [1.165, 1.54) is 11.8 Å². The average molecular weight is 375 g/mol. The zero-order chi connectivity index (χ0) is 18.8. The van der Waals surface area contributed by atoms with E-state index in [4.69, 9.17) is 10.5 Å². The predicted octanol–water partition coefficient (Wildman–Crippen LogP) is 1.91. The van der Waals surface area contributed by atoms with Crippen molar-refractivity contribution in [1.29, 1.82) is 0 Å². The standard InChI is InChI=1S/C19H25N3O3S/c1-11-6-15(11)19(24)22-10-14(25-2)8-13(22)9-21-18(23)12-4-5-16(20)17(7-12)26-3/h4-5,7,13-15H,1,6,8-10,20H2,2-3H3,(H,21,23)/t13-,14+,15?/m0/s1. The largest absolute Gasteiger partial charge is 0.398 e. The second-order valence-corrected chi connectivity index (χ2v) is 7.67. The molecule has 1 unspecified atom stereocenters. The van der Waals surface area contributed by atoms with Crippen LogP contribution in [0.15, 0.2) is 35.2 Å². The van der Waals surface area contributed by atoms with Gasteiger partial charge < -0.3 is 20.7 Å². The highest BCUT2D eigenvalue weighted by atomic mass is 32.2. The first kappa shape index (κ1) is 18.8. The van der Waals surface area contributed by atoms with E-state index in [0.29, 0.717) is 24.3 Å². The van der Waals surface area contributed by atoms with Crippen LogP contribution in [0.25, 0.3) is 0 Å². The second-order valence-electron chi connectivity index (χ2n) is 6.82. The van der Waals surface area contributed by atoms with Crippen LogP contribution in [0.1, 0.15) is 23.2 Å². The number of nitrogens with one attached hydrogen (secondary N) is 1. The van der Waals surface area contributed by atoms with E-state index in [1.54, 1.807) is 25.3 Å². The van der Waals surface area contributed by atoms with Crippen molar-refractivity contribution in [2.75, 3.05) is 32.2 Å². The summed E-state index contributed by atoms with van der Waals surface area (Å²) in [7, 11) is 1.66.